The number of carbonyl (C=O) groups is 1. The highest BCUT2D eigenvalue weighted by atomic mass is 16.3. The van der Waals surface area contributed by atoms with Gasteiger partial charge in [-0.25, -0.2) is 5.43 Å². The second kappa shape index (κ2) is 4.93. The largest absolute Gasteiger partial charge is 0.508 e. The van der Waals surface area contributed by atoms with E-state index in [2.05, 4.69) is 17.5 Å². The van der Waals surface area contributed by atoms with Crippen molar-refractivity contribution in [2.75, 3.05) is 0 Å². The molecule has 4 nitrogen and oxygen atoms in total. The van der Waals surface area contributed by atoms with Crippen molar-refractivity contribution in [3.63, 3.8) is 0 Å². The van der Waals surface area contributed by atoms with Crippen LogP contribution in [0.2, 0.25) is 0 Å². The number of fused-ring (bicyclic) bond motifs is 1. The van der Waals surface area contributed by atoms with Crippen molar-refractivity contribution < 1.29 is 9.90 Å². The number of phenolic OH excluding ortho intramolecular Hbond substituents is 1. The third-order valence-electron chi connectivity index (χ3n) is 4.87. The van der Waals surface area contributed by atoms with Crippen LogP contribution >= 0.6 is 0 Å². The van der Waals surface area contributed by atoms with Gasteiger partial charge >= 0.3 is 0 Å². The van der Waals surface area contributed by atoms with Crippen LogP contribution in [-0.4, -0.2) is 17.2 Å². The van der Waals surface area contributed by atoms with E-state index in [1.807, 2.05) is 6.07 Å². The summed E-state index contributed by atoms with van der Waals surface area (Å²) in [6.07, 6.45) is 6.38. The van der Waals surface area contributed by atoms with E-state index in [0.29, 0.717) is 5.92 Å². The third kappa shape index (κ3) is 2.30. The lowest BCUT2D eigenvalue weighted by atomic mass is 9.90. The Balaban J connectivity index is 1.58. The first-order chi connectivity index (χ1) is 9.61. The fourth-order valence-corrected chi connectivity index (χ4v) is 3.70. The van der Waals surface area contributed by atoms with Gasteiger partial charge in [-0.1, -0.05) is 31.9 Å². The predicted octanol–water partition coefficient (Wildman–Crippen LogP) is 2.67. The first-order valence-electron chi connectivity index (χ1n) is 7.23. The summed E-state index contributed by atoms with van der Waals surface area (Å²) in [5.74, 6) is 0.912. The maximum absolute atomic E-state index is 12.2. The zero-order chi connectivity index (χ0) is 14.2. The molecule has 3 atom stereocenters. The molecule has 0 unspecified atom stereocenters. The molecule has 2 fully saturated rings. The molecule has 0 saturated heterocycles. The number of benzene rings is 1. The molecule has 0 aliphatic heterocycles. The van der Waals surface area contributed by atoms with Crippen molar-refractivity contribution in [2.24, 2.45) is 22.4 Å². The van der Waals surface area contributed by atoms with Crippen molar-refractivity contribution in [3.05, 3.63) is 29.8 Å². The summed E-state index contributed by atoms with van der Waals surface area (Å²) in [5, 5.41) is 13.3. The molecule has 20 heavy (non-hydrogen) atoms. The number of rotatable bonds is 3. The van der Waals surface area contributed by atoms with Crippen molar-refractivity contribution >= 4 is 12.1 Å². The number of nitrogens with zero attached hydrogens (tertiary/aromatic N) is 1. The molecule has 1 aromatic carbocycles. The Bertz CT molecular complexity index is 555. The minimum atomic E-state index is 0.0378. The van der Waals surface area contributed by atoms with Gasteiger partial charge in [-0.05, 0) is 41.9 Å². The first-order valence-corrected chi connectivity index (χ1v) is 7.23. The van der Waals surface area contributed by atoms with Gasteiger partial charge in [0.15, 0.2) is 0 Å². The van der Waals surface area contributed by atoms with Gasteiger partial charge in [0, 0.05) is 5.92 Å². The second-order valence-electron chi connectivity index (χ2n) is 6.17. The van der Waals surface area contributed by atoms with Gasteiger partial charge in [-0.2, -0.15) is 5.10 Å². The Kier molecular flexibility index (Phi) is 3.24. The van der Waals surface area contributed by atoms with Crippen LogP contribution in [-0.2, 0) is 4.79 Å². The van der Waals surface area contributed by atoms with Crippen LogP contribution in [0.1, 0.15) is 38.2 Å². The van der Waals surface area contributed by atoms with E-state index < -0.39 is 0 Å². The molecule has 2 saturated carbocycles. The predicted molar refractivity (Wildman–Crippen MR) is 77.4 cm³/mol. The molecule has 4 heteroatoms. The highest BCUT2D eigenvalue weighted by molar-refractivity contribution is 5.86. The number of nitrogens with one attached hydrogen (secondary N) is 1. The second-order valence-corrected chi connectivity index (χ2v) is 6.17. The van der Waals surface area contributed by atoms with Crippen LogP contribution in [0.25, 0.3) is 0 Å². The van der Waals surface area contributed by atoms with Crippen LogP contribution in [0.4, 0.5) is 0 Å². The molecule has 0 heterocycles. The highest BCUT2D eigenvalue weighted by Crippen LogP contribution is 2.66. The van der Waals surface area contributed by atoms with Gasteiger partial charge in [0.05, 0.1) is 6.21 Å². The highest BCUT2D eigenvalue weighted by Gasteiger charge is 2.64. The Morgan fingerprint density at radius 2 is 2.35 bits per heavy atom. The monoisotopic (exact) mass is 272 g/mol. The molecular weight excluding hydrogens is 252 g/mol. The SMILES string of the molecule is C[C@]12CCCC[C@H]1[C@H]2C(=O)N/N=C\c1cccc(O)c1. The molecule has 2 aliphatic rings. The Morgan fingerprint density at radius 1 is 1.50 bits per heavy atom. The van der Waals surface area contributed by atoms with E-state index in [0.717, 1.165) is 12.0 Å². The van der Waals surface area contributed by atoms with Gasteiger partial charge in [0.1, 0.15) is 5.75 Å². The first kappa shape index (κ1) is 13.2. The number of aromatic hydroxyl groups is 1. The number of hydrogen-bond donors (Lipinski definition) is 2. The van der Waals surface area contributed by atoms with Crippen LogP contribution in [0.5, 0.6) is 5.75 Å². The van der Waals surface area contributed by atoms with Crippen molar-refractivity contribution in [1.29, 1.82) is 0 Å². The zero-order valence-corrected chi connectivity index (χ0v) is 11.7. The van der Waals surface area contributed by atoms with E-state index in [9.17, 15) is 9.90 Å². The van der Waals surface area contributed by atoms with Crippen LogP contribution in [0.15, 0.2) is 29.4 Å². The topological polar surface area (TPSA) is 61.7 Å². The minimum Gasteiger partial charge on any atom is -0.508 e. The third-order valence-corrected chi connectivity index (χ3v) is 4.87. The summed E-state index contributed by atoms with van der Waals surface area (Å²) in [5.41, 5.74) is 3.62. The number of carbonyl (C=O) groups excluding carboxylic acids is 1. The summed E-state index contributed by atoms with van der Waals surface area (Å²) in [6.45, 7) is 2.22. The fraction of sp³-hybridized carbons (Fsp3) is 0.500. The average Bonchev–Trinajstić information content (AvgIpc) is 3.04. The molecule has 2 N–H and O–H groups in total. The molecule has 0 spiro atoms. The maximum Gasteiger partial charge on any atom is 0.244 e. The van der Waals surface area contributed by atoms with E-state index in [-0.39, 0.29) is 23.0 Å². The molecule has 0 radical (unpaired) electrons. The lowest BCUT2D eigenvalue weighted by molar-refractivity contribution is -0.123. The normalized spacial score (nSPS) is 31.9. The van der Waals surface area contributed by atoms with Crippen LogP contribution < -0.4 is 5.43 Å². The molecular formula is C16H20N2O2. The van der Waals surface area contributed by atoms with E-state index in [1.54, 1.807) is 24.4 Å². The zero-order valence-electron chi connectivity index (χ0n) is 11.7. The molecule has 1 amide bonds. The minimum absolute atomic E-state index is 0.0378. The van der Waals surface area contributed by atoms with Crippen molar-refractivity contribution in [2.45, 2.75) is 32.6 Å². The Morgan fingerprint density at radius 3 is 3.05 bits per heavy atom. The number of phenols is 1. The summed E-state index contributed by atoms with van der Waals surface area (Å²) >= 11 is 0. The Hall–Kier alpha value is -1.84. The van der Waals surface area contributed by atoms with Gasteiger partial charge in [0.25, 0.3) is 0 Å². The molecule has 106 valence electrons. The standard InChI is InChI=1S/C16H20N2O2/c1-16-8-3-2-7-13(16)14(16)15(20)18-17-10-11-5-4-6-12(19)9-11/h4-6,9-10,13-14,19H,2-3,7-8H2,1H3,(H,18,20)/b17-10-/t13-,14-,16-/m0/s1. The molecule has 3 rings (SSSR count). The number of hydrazone groups is 1. The van der Waals surface area contributed by atoms with Gasteiger partial charge in [-0.3, -0.25) is 4.79 Å². The van der Waals surface area contributed by atoms with Gasteiger partial charge in [0.2, 0.25) is 5.91 Å². The maximum atomic E-state index is 12.2. The lowest BCUT2D eigenvalue weighted by Crippen LogP contribution is -2.22. The molecule has 0 bridgehead atoms. The molecule has 0 aromatic heterocycles. The quantitative estimate of drug-likeness (QED) is 0.656. The summed E-state index contributed by atoms with van der Waals surface area (Å²) in [7, 11) is 0. The van der Waals surface area contributed by atoms with E-state index in [1.165, 1.54) is 19.3 Å². The van der Waals surface area contributed by atoms with Crippen molar-refractivity contribution in [3.8, 4) is 5.75 Å². The summed E-state index contributed by atoms with van der Waals surface area (Å²) in [6, 6.07) is 6.78. The fourth-order valence-electron chi connectivity index (χ4n) is 3.70. The number of amides is 1. The van der Waals surface area contributed by atoms with Gasteiger partial charge < -0.3 is 5.11 Å². The Labute approximate surface area is 118 Å². The summed E-state index contributed by atoms with van der Waals surface area (Å²) < 4.78 is 0. The average molecular weight is 272 g/mol. The number of hydrogen-bond acceptors (Lipinski definition) is 3. The molecule has 1 aromatic rings. The van der Waals surface area contributed by atoms with Crippen LogP contribution in [0.3, 0.4) is 0 Å². The lowest BCUT2D eigenvalue weighted by Gasteiger charge is -2.15. The van der Waals surface area contributed by atoms with Crippen molar-refractivity contribution in [1.82, 2.24) is 5.43 Å². The van der Waals surface area contributed by atoms with E-state index >= 15 is 0 Å². The van der Waals surface area contributed by atoms with Crippen LogP contribution in [0, 0.1) is 17.3 Å². The van der Waals surface area contributed by atoms with Gasteiger partial charge in [-0.15, -0.1) is 0 Å². The van der Waals surface area contributed by atoms with E-state index in [4.69, 9.17) is 0 Å². The summed E-state index contributed by atoms with van der Waals surface area (Å²) in [4.78, 5) is 12.2. The molecule has 2 aliphatic carbocycles. The smallest absolute Gasteiger partial charge is 0.244 e.